The van der Waals surface area contributed by atoms with Gasteiger partial charge in [-0.05, 0) is 17.5 Å². The van der Waals surface area contributed by atoms with E-state index in [2.05, 4.69) is 0 Å². The Labute approximate surface area is 90.2 Å². The minimum atomic E-state index is -0.601. The SMILES string of the molecule is N[C@@H](c1cccs1)c1ccc(F)cc1F. The van der Waals surface area contributed by atoms with Gasteiger partial charge in [0.05, 0.1) is 6.04 Å². The number of rotatable bonds is 2. The second-order valence-electron chi connectivity index (χ2n) is 3.16. The van der Waals surface area contributed by atoms with Crippen LogP contribution < -0.4 is 5.73 Å². The number of nitrogens with two attached hydrogens (primary N) is 1. The van der Waals surface area contributed by atoms with Gasteiger partial charge in [0, 0.05) is 16.5 Å². The van der Waals surface area contributed by atoms with Gasteiger partial charge in [-0.15, -0.1) is 11.3 Å². The summed E-state index contributed by atoms with van der Waals surface area (Å²) in [4.78, 5) is 0.862. The van der Waals surface area contributed by atoms with Crippen LogP contribution in [0.15, 0.2) is 35.7 Å². The molecule has 2 rings (SSSR count). The number of hydrogen-bond donors (Lipinski definition) is 1. The second kappa shape index (κ2) is 4.08. The van der Waals surface area contributed by atoms with Gasteiger partial charge in [0.1, 0.15) is 11.6 Å². The minimum Gasteiger partial charge on any atom is -0.320 e. The topological polar surface area (TPSA) is 26.0 Å². The zero-order valence-corrected chi connectivity index (χ0v) is 8.60. The molecule has 0 aliphatic carbocycles. The molecule has 1 aromatic carbocycles. The van der Waals surface area contributed by atoms with Gasteiger partial charge in [0.15, 0.2) is 0 Å². The van der Waals surface area contributed by atoms with Gasteiger partial charge >= 0.3 is 0 Å². The Hall–Kier alpha value is -1.26. The third-order valence-electron chi connectivity index (χ3n) is 2.15. The van der Waals surface area contributed by atoms with Crippen LogP contribution in [0.1, 0.15) is 16.5 Å². The molecule has 1 nitrogen and oxygen atoms in total. The summed E-state index contributed by atoms with van der Waals surface area (Å²) in [6.07, 6.45) is 0. The van der Waals surface area contributed by atoms with Crippen LogP contribution in [-0.2, 0) is 0 Å². The fourth-order valence-corrected chi connectivity index (χ4v) is 2.12. The molecule has 0 unspecified atom stereocenters. The van der Waals surface area contributed by atoms with E-state index in [1.807, 2.05) is 17.5 Å². The first-order chi connectivity index (χ1) is 7.18. The van der Waals surface area contributed by atoms with Crippen molar-refractivity contribution in [3.05, 3.63) is 57.8 Å². The van der Waals surface area contributed by atoms with Crippen LogP contribution in [0.3, 0.4) is 0 Å². The maximum atomic E-state index is 13.4. The van der Waals surface area contributed by atoms with Crippen LogP contribution in [0.25, 0.3) is 0 Å². The molecule has 0 bridgehead atoms. The fraction of sp³-hybridized carbons (Fsp3) is 0.0909. The fourth-order valence-electron chi connectivity index (χ4n) is 1.38. The first-order valence-electron chi connectivity index (χ1n) is 4.42. The van der Waals surface area contributed by atoms with Gasteiger partial charge in [-0.2, -0.15) is 0 Å². The molecule has 0 aliphatic rings. The molecule has 0 spiro atoms. The summed E-state index contributed by atoms with van der Waals surface area (Å²) in [5, 5.41) is 1.87. The summed E-state index contributed by atoms with van der Waals surface area (Å²) in [5.74, 6) is -1.19. The molecule has 15 heavy (non-hydrogen) atoms. The maximum absolute atomic E-state index is 13.4. The number of halogens is 2. The lowest BCUT2D eigenvalue weighted by molar-refractivity contribution is 0.566. The van der Waals surface area contributed by atoms with Crippen molar-refractivity contribution in [3.8, 4) is 0 Å². The molecule has 78 valence electrons. The van der Waals surface area contributed by atoms with E-state index in [4.69, 9.17) is 5.73 Å². The average molecular weight is 225 g/mol. The van der Waals surface area contributed by atoms with E-state index >= 15 is 0 Å². The monoisotopic (exact) mass is 225 g/mol. The highest BCUT2D eigenvalue weighted by Gasteiger charge is 2.14. The predicted molar refractivity (Wildman–Crippen MR) is 56.7 cm³/mol. The number of hydrogen-bond acceptors (Lipinski definition) is 2. The van der Waals surface area contributed by atoms with Crippen LogP contribution >= 0.6 is 11.3 Å². The zero-order chi connectivity index (χ0) is 10.8. The van der Waals surface area contributed by atoms with E-state index in [1.165, 1.54) is 23.5 Å². The summed E-state index contributed by atoms with van der Waals surface area (Å²) in [6.45, 7) is 0. The van der Waals surface area contributed by atoms with E-state index in [0.717, 1.165) is 10.9 Å². The van der Waals surface area contributed by atoms with Crippen LogP contribution in [0, 0.1) is 11.6 Å². The van der Waals surface area contributed by atoms with Crippen LogP contribution in [0.5, 0.6) is 0 Å². The minimum absolute atomic E-state index is 0.318. The van der Waals surface area contributed by atoms with Crippen molar-refractivity contribution in [2.45, 2.75) is 6.04 Å². The molecular formula is C11H9F2NS. The molecule has 0 amide bonds. The molecule has 1 atom stereocenters. The Kier molecular flexibility index (Phi) is 2.79. The Morgan fingerprint density at radius 3 is 2.60 bits per heavy atom. The van der Waals surface area contributed by atoms with E-state index in [-0.39, 0.29) is 0 Å². The van der Waals surface area contributed by atoms with Crippen molar-refractivity contribution in [2.24, 2.45) is 5.73 Å². The molecule has 1 heterocycles. The molecule has 0 radical (unpaired) electrons. The van der Waals surface area contributed by atoms with Crippen molar-refractivity contribution in [3.63, 3.8) is 0 Å². The summed E-state index contributed by atoms with van der Waals surface area (Å²) < 4.78 is 26.1. The third kappa shape index (κ3) is 2.06. The third-order valence-corrected chi connectivity index (χ3v) is 3.10. The number of thiophene rings is 1. The number of benzene rings is 1. The molecule has 0 saturated heterocycles. The Morgan fingerprint density at radius 1 is 1.20 bits per heavy atom. The van der Waals surface area contributed by atoms with E-state index in [1.54, 1.807) is 0 Å². The van der Waals surface area contributed by atoms with Crippen molar-refractivity contribution in [2.75, 3.05) is 0 Å². The first-order valence-corrected chi connectivity index (χ1v) is 5.30. The first kappa shape index (κ1) is 10.3. The molecular weight excluding hydrogens is 216 g/mol. The van der Waals surface area contributed by atoms with Gasteiger partial charge in [0.25, 0.3) is 0 Å². The van der Waals surface area contributed by atoms with Gasteiger partial charge in [-0.25, -0.2) is 8.78 Å². The molecule has 2 aromatic rings. The van der Waals surface area contributed by atoms with Gasteiger partial charge < -0.3 is 5.73 Å². The Balaban J connectivity index is 2.38. The standard InChI is InChI=1S/C11H9F2NS/c12-7-3-4-8(9(13)6-7)11(14)10-2-1-5-15-10/h1-6,11H,14H2/t11-/m1/s1. The second-order valence-corrected chi connectivity index (χ2v) is 4.14. The lowest BCUT2D eigenvalue weighted by Gasteiger charge is -2.10. The molecule has 1 aromatic heterocycles. The van der Waals surface area contributed by atoms with Crippen LogP contribution in [0.2, 0.25) is 0 Å². The molecule has 0 fully saturated rings. The van der Waals surface area contributed by atoms with Crippen molar-refractivity contribution in [1.29, 1.82) is 0 Å². The Morgan fingerprint density at radius 2 is 2.00 bits per heavy atom. The summed E-state index contributed by atoms with van der Waals surface area (Å²) in [6, 6.07) is 6.61. The zero-order valence-electron chi connectivity index (χ0n) is 7.78. The molecule has 0 saturated carbocycles. The summed E-state index contributed by atoms with van der Waals surface area (Å²) >= 11 is 1.45. The van der Waals surface area contributed by atoms with E-state index < -0.39 is 17.7 Å². The van der Waals surface area contributed by atoms with Crippen molar-refractivity contribution in [1.82, 2.24) is 0 Å². The molecule has 0 aliphatic heterocycles. The molecule has 2 N–H and O–H groups in total. The van der Waals surface area contributed by atoms with E-state index in [9.17, 15) is 8.78 Å². The maximum Gasteiger partial charge on any atom is 0.131 e. The smallest absolute Gasteiger partial charge is 0.131 e. The summed E-state index contributed by atoms with van der Waals surface area (Å²) in [5.41, 5.74) is 6.18. The lowest BCUT2D eigenvalue weighted by atomic mass is 10.1. The van der Waals surface area contributed by atoms with E-state index in [0.29, 0.717) is 5.56 Å². The van der Waals surface area contributed by atoms with Crippen LogP contribution in [-0.4, -0.2) is 0 Å². The lowest BCUT2D eigenvalue weighted by Crippen LogP contribution is -2.12. The van der Waals surface area contributed by atoms with Crippen molar-refractivity contribution >= 4 is 11.3 Å². The van der Waals surface area contributed by atoms with Gasteiger partial charge in [-0.1, -0.05) is 12.1 Å². The predicted octanol–water partition coefficient (Wildman–Crippen LogP) is 3.07. The largest absolute Gasteiger partial charge is 0.320 e. The van der Waals surface area contributed by atoms with Crippen LogP contribution in [0.4, 0.5) is 8.78 Å². The normalized spacial score (nSPS) is 12.7. The highest BCUT2D eigenvalue weighted by molar-refractivity contribution is 7.10. The average Bonchev–Trinajstić information content (AvgIpc) is 2.69. The summed E-state index contributed by atoms with van der Waals surface area (Å²) in [7, 11) is 0. The Bertz CT molecular complexity index is 454. The van der Waals surface area contributed by atoms with Gasteiger partial charge in [-0.3, -0.25) is 0 Å². The highest BCUT2D eigenvalue weighted by Crippen LogP contribution is 2.25. The van der Waals surface area contributed by atoms with Crippen molar-refractivity contribution < 1.29 is 8.78 Å². The quantitative estimate of drug-likeness (QED) is 0.835. The molecule has 4 heteroatoms. The highest BCUT2D eigenvalue weighted by atomic mass is 32.1. The van der Waals surface area contributed by atoms with Gasteiger partial charge in [0.2, 0.25) is 0 Å².